The molecule has 0 saturated heterocycles. The number of anilines is 2. The second kappa shape index (κ2) is 7.65. The Morgan fingerprint density at radius 1 is 1.04 bits per heavy atom. The first-order valence-electron chi connectivity index (χ1n) is 7.74. The van der Waals surface area contributed by atoms with Crippen molar-refractivity contribution in [2.24, 2.45) is 0 Å². The van der Waals surface area contributed by atoms with E-state index in [9.17, 15) is 18.4 Å². The largest absolute Gasteiger partial charge is 0.497 e. The van der Waals surface area contributed by atoms with Crippen LogP contribution in [0.3, 0.4) is 0 Å². The monoisotopic (exact) mass is 372 g/mol. The fourth-order valence-electron chi connectivity index (χ4n) is 2.35. The van der Waals surface area contributed by atoms with E-state index in [-0.39, 0.29) is 11.4 Å². The molecule has 2 amide bonds. The molecular formula is C18H14F2N4O3. The molecule has 0 spiro atoms. The average molecular weight is 372 g/mol. The lowest BCUT2D eigenvalue weighted by Crippen LogP contribution is -2.19. The molecule has 0 unspecified atom stereocenters. The van der Waals surface area contributed by atoms with Gasteiger partial charge in [-0.3, -0.25) is 14.7 Å². The van der Waals surface area contributed by atoms with Gasteiger partial charge in [0.05, 0.1) is 12.8 Å². The van der Waals surface area contributed by atoms with Crippen LogP contribution in [0, 0.1) is 11.6 Å². The van der Waals surface area contributed by atoms with Gasteiger partial charge >= 0.3 is 0 Å². The number of benzene rings is 2. The van der Waals surface area contributed by atoms with Crippen LogP contribution in [0.5, 0.6) is 5.75 Å². The summed E-state index contributed by atoms with van der Waals surface area (Å²) in [5, 5.41) is 11.1. The Bertz CT molecular complexity index is 984. The quantitative estimate of drug-likeness (QED) is 0.641. The Hall–Kier alpha value is -3.75. The number of halogens is 2. The van der Waals surface area contributed by atoms with Crippen molar-refractivity contribution in [2.45, 2.75) is 0 Å². The van der Waals surface area contributed by atoms with Crippen LogP contribution >= 0.6 is 0 Å². The molecule has 0 aliphatic carbocycles. The van der Waals surface area contributed by atoms with E-state index in [0.717, 1.165) is 18.2 Å². The zero-order valence-electron chi connectivity index (χ0n) is 14.0. The Morgan fingerprint density at radius 2 is 1.74 bits per heavy atom. The summed E-state index contributed by atoms with van der Waals surface area (Å²) in [6, 6.07) is 9.69. The van der Waals surface area contributed by atoms with Gasteiger partial charge in [0.1, 0.15) is 22.9 Å². The number of ether oxygens (including phenoxy) is 1. The number of carbonyl (C=O) groups excluding carboxylic acids is 2. The average Bonchev–Trinajstić information content (AvgIpc) is 3.10. The summed E-state index contributed by atoms with van der Waals surface area (Å²) in [7, 11) is 1.49. The lowest BCUT2D eigenvalue weighted by Gasteiger charge is -2.08. The van der Waals surface area contributed by atoms with Crippen LogP contribution in [0.2, 0.25) is 0 Å². The SMILES string of the molecule is COc1cccc(NC(=O)c2n[nH]cc2NC(=O)c2c(F)cccc2F)c1. The number of methoxy groups -OCH3 is 1. The highest BCUT2D eigenvalue weighted by Gasteiger charge is 2.21. The van der Waals surface area contributed by atoms with Crippen molar-refractivity contribution < 1.29 is 23.1 Å². The maximum absolute atomic E-state index is 13.7. The van der Waals surface area contributed by atoms with Gasteiger partial charge in [-0.05, 0) is 24.3 Å². The minimum atomic E-state index is -1.04. The van der Waals surface area contributed by atoms with Crippen molar-refractivity contribution in [2.75, 3.05) is 17.7 Å². The molecule has 7 nitrogen and oxygen atoms in total. The van der Waals surface area contributed by atoms with Crippen molar-refractivity contribution in [3.8, 4) is 5.75 Å². The van der Waals surface area contributed by atoms with E-state index in [4.69, 9.17) is 4.74 Å². The minimum Gasteiger partial charge on any atom is -0.497 e. The lowest BCUT2D eigenvalue weighted by molar-refractivity contribution is 0.101. The molecule has 0 bridgehead atoms. The highest BCUT2D eigenvalue weighted by molar-refractivity contribution is 6.11. The Labute approximate surface area is 152 Å². The second-order valence-corrected chi connectivity index (χ2v) is 5.38. The molecule has 0 aliphatic heterocycles. The van der Waals surface area contributed by atoms with Crippen LogP contribution in [-0.4, -0.2) is 29.1 Å². The molecule has 0 radical (unpaired) electrons. The van der Waals surface area contributed by atoms with Crippen molar-refractivity contribution in [1.82, 2.24) is 10.2 Å². The number of H-pyrrole nitrogens is 1. The molecule has 138 valence electrons. The standard InChI is InChI=1S/C18H14F2N4O3/c1-27-11-5-2-4-10(8-11)22-18(26)16-14(9-21-24-16)23-17(25)15-12(19)6-3-7-13(15)20/h2-9H,1H3,(H,21,24)(H,22,26)(H,23,25). The number of nitrogens with zero attached hydrogens (tertiary/aromatic N) is 1. The lowest BCUT2D eigenvalue weighted by atomic mass is 10.2. The van der Waals surface area contributed by atoms with Crippen LogP contribution in [0.4, 0.5) is 20.2 Å². The third-order valence-electron chi connectivity index (χ3n) is 3.62. The summed E-state index contributed by atoms with van der Waals surface area (Å²) in [5.41, 5.74) is -0.483. The van der Waals surface area contributed by atoms with Crippen molar-refractivity contribution in [3.63, 3.8) is 0 Å². The van der Waals surface area contributed by atoms with Gasteiger partial charge in [-0.15, -0.1) is 0 Å². The number of aromatic amines is 1. The minimum absolute atomic E-state index is 0.0250. The van der Waals surface area contributed by atoms with E-state index >= 15 is 0 Å². The predicted octanol–water partition coefficient (Wildman–Crippen LogP) is 3.20. The topological polar surface area (TPSA) is 96.1 Å². The molecule has 1 aromatic heterocycles. The van der Waals surface area contributed by atoms with Gasteiger partial charge in [0.2, 0.25) is 0 Å². The molecule has 0 atom stereocenters. The smallest absolute Gasteiger partial charge is 0.278 e. The van der Waals surface area contributed by atoms with Gasteiger partial charge in [-0.25, -0.2) is 8.78 Å². The van der Waals surface area contributed by atoms with Crippen molar-refractivity contribution in [3.05, 3.63) is 71.6 Å². The highest BCUT2D eigenvalue weighted by Crippen LogP contribution is 2.20. The van der Waals surface area contributed by atoms with E-state index in [1.54, 1.807) is 24.3 Å². The molecule has 0 saturated carbocycles. The molecule has 2 aromatic carbocycles. The number of carbonyl (C=O) groups is 2. The first-order valence-corrected chi connectivity index (χ1v) is 7.74. The van der Waals surface area contributed by atoms with E-state index in [1.165, 1.54) is 13.3 Å². The molecule has 0 fully saturated rings. The molecule has 3 rings (SSSR count). The summed E-state index contributed by atoms with van der Waals surface area (Å²) in [4.78, 5) is 24.6. The molecule has 9 heteroatoms. The molecule has 1 heterocycles. The van der Waals surface area contributed by atoms with Crippen molar-refractivity contribution >= 4 is 23.2 Å². The summed E-state index contributed by atoms with van der Waals surface area (Å²) in [6.07, 6.45) is 1.23. The number of nitrogens with one attached hydrogen (secondary N) is 3. The number of aromatic nitrogens is 2. The molecular weight excluding hydrogens is 358 g/mol. The zero-order valence-corrected chi connectivity index (χ0v) is 14.0. The Morgan fingerprint density at radius 3 is 2.44 bits per heavy atom. The summed E-state index contributed by atoms with van der Waals surface area (Å²) in [5.74, 6) is -3.16. The Kier molecular flexibility index (Phi) is 5.11. The fourth-order valence-corrected chi connectivity index (χ4v) is 2.35. The highest BCUT2D eigenvalue weighted by atomic mass is 19.1. The Balaban J connectivity index is 1.79. The molecule has 3 aromatic rings. The number of hydrogen-bond acceptors (Lipinski definition) is 4. The number of amides is 2. The van der Waals surface area contributed by atoms with Crippen LogP contribution in [0.15, 0.2) is 48.7 Å². The molecule has 0 aliphatic rings. The van der Waals surface area contributed by atoms with Gasteiger partial charge in [-0.1, -0.05) is 12.1 Å². The fraction of sp³-hybridized carbons (Fsp3) is 0.0556. The van der Waals surface area contributed by atoms with Crippen LogP contribution < -0.4 is 15.4 Å². The summed E-state index contributed by atoms with van der Waals surface area (Å²) in [6.45, 7) is 0. The van der Waals surface area contributed by atoms with E-state index in [0.29, 0.717) is 11.4 Å². The molecule has 3 N–H and O–H groups in total. The maximum Gasteiger partial charge on any atom is 0.278 e. The normalized spacial score (nSPS) is 10.3. The third-order valence-corrected chi connectivity index (χ3v) is 3.62. The number of hydrogen-bond donors (Lipinski definition) is 3. The second-order valence-electron chi connectivity index (χ2n) is 5.38. The van der Waals surface area contributed by atoms with Gasteiger partial charge in [-0.2, -0.15) is 5.10 Å². The van der Waals surface area contributed by atoms with Gasteiger partial charge in [0, 0.05) is 18.0 Å². The third kappa shape index (κ3) is 3.92. The zero-order chi connectivity index (χ0) is 19.4. The van der Waals surface area contributed by atoms with Crippen LogP contribution in [-0.2, 0) is 0 Å². The van der Waals surface area contributed by atoms with E-state index in [2.05, 4.69) is 20.8 Å². The number of rotatable bonds is 5. The molecule has 27 heavy (non-hydrogen) atoms. The maximum atomic E-state index is 13.7. The van der Waals surface area contributed by atoms with E-state index < -0.39 is 29.0 Å². The first-order chi connectivity index (χ1) is 13.0. The van der Waals surface area contributed by atoms with Gasteiger partial charge in [0.25, 0.3) is 11.8 Å². The summed E-state index contributed by atoms with van der Waals surface area (Å²) >= 11 is 0. The van der Waals surface area contributed by atoms with Gasteiger partial charge in [0.15, 0.2) is 5.69 Å². The van der Waals surface area contributed by atoms with Crippen LogP contribution in [0.25, 0.3) is 0 Å². The van der Waals surface area contributed by atoms with Gasteiger partial charge < -0.3 is 15.4 Å². The first kappa shape index (κ1) is 18.1. The predicted molar refractivity (Wildman–Crippen MR) is 93.8 cm³/mol. The summed E-state index contributed by atoms with van der Waals surface area (Å²) < 4.78 is 32.5. The van der Waals surface area contributed by atoms with Crippen LogP contribution in [0.1, 0.15) is 20.8 Å². The van der Waals surface area contributed by atoms with Crippen molar-refractivity contribution in [1.29, 1.82) is 0 Å². The van der Waals surface area contributed by atoms with E-state index in [1.807, 2.05) is 0 Å².